The average Bonchev–Trinajstić information content (AvgIpc) is 3.48. The first kappa shape index (κ1) is 18.1. The molecule has 27 heavy (non-hydrogen) atoms. The summed E-state index contributed by atoms with van der Waals surface area (Å²) in [6.45, 7) is 2.02. The lowest BCUT2D eigenvalue weighted by atomic mass is 10.1. The first-order valence-corrected chi connectivity index (χ1v) is 10.5. The van der Waals surface area contributed by atoms with Gasteiger partial charge in [-0.2, -0.15) is 5.10 Å². The van der Waals surface area contributed by atoms with Crippen LogP contribution in [0.15, 0.2) is 53.4 Å². The van der Waals surface area contributed by atoms with Crippen molar-refractivity contribution in [1.29, 1.82) is 0 Å². The Morgan fingerprint density at radius 2 is 1.96 bits per heavy atom. The summed E-state index contributed by atoms with van der Waals surface area (Å²) < 4.78 is 1.83. The molecule has 1 N–H and O–H groups in total. The second-order valence-corrected chi connectivity index (χ2v) is 7.97. The lowest BCUT2D eigenvalue weighted by Crippen LogP contribution is -2.16. The number of carbonyl (C=O) groups is 1. The fourth-order valence-electron chi connectivity index (χ4n) is 3.14. The van der Waals surface area contributed by atoms with Crippen molar-refractivity contribution in [3.63, 3.8) is 0 Å². The van der Waals surface area contributed by atoms with Gasteiger partial charge in [0.05, 0.1) is 22.0 Å². The van der Waals surface area contributed by atoms with E-state index in [0.717, 1.165) is 34.7 Å². The molecular weight excluding hydrogens is 378 g/mol. The summed E-state index contributed by atoms with van der Waals surface area (Å²) in [5.41, 5.74) is 3.48. The molecule has 1 fully saturated rings. The van der Waals surface area contributed by atoms with Crippen molar-refractivity contribution >= 4 is 35.1 Å². The quantitative estimate of drug-likeness (QED) is 0.563. The summed E-state index contributed by atoms with van der Waals surface area (Å²) >= 11 is 7.86. The molecule has 0 saturated heterocycles. The predicted molar refractivity (Wildman–Crippen MR) is 111 cm³/mol. The molecule has 138 valence electrons. The van der Waals surface area contributed by atoms with E-state index in [4.69, 9.17) is 16.7 Å². The highest BCUT2D eigenvalue weighted by Gasteiger charge is 2.31. The van der Waals surface area contributed by atoms with Gasteiger partial charge >= 0.3 is 0 Å². The summed E-state index contributed by atoms with van der Waals surface area (Å²) in [6, 6.07) is 15.4. The van der Waals surface area contributed by atoms with Gasteiger partial charge < -0.3 is 5.32 Å². The smallest absolute Gasteiger partial charge is 0.258 e. The van der Waals surface area contributed by atoms with Crippen molar-refractivity contribution < 1.29 is 4.79 Å². The van der Waals surface area contributed by atoms with Crippen molar-refractivity contribution in [3.8, 4) is 5.69 Å². The zero-order chi connectivity index (χ0) is 19.0. The van der Waals surface area contributed by atoms with E-state index >= 15 is 0 Å². The Balaban J connectivity index is 1.74. The normalized spacial score (nSPS) is 13.6. The minimum Gasteiger partial charge on any atom is -0.306 e. The molecular formula is C21H20ClN3OS. The summed E-state index contributed by atoms with van der Waals surface area (Å²) in [5, 5.41) is 8.31. The molecule has 0 aliphatic heterocycles. The first-order valence-electron chi connectivity index (χ1n) is 8.88. The van der Waals surface area contributed by atoms with Gasteiger partial charge in [0, 0.05) is 16.4 Å². The van der Waals surface area contributed by atoms with E-state index in [-0.39, 0.29) is 5.91 Å². The molecule has 1 aromatic heterocycles. The van der Waals surface area contributed by atoms with E-state index in [0.29, 0.717) is 22.3 Å². The molecule has 0 atom stereocenters. The Morgan fingerprint density at radius 1 is 1.22 bits per heavy atom. The third-order valence-corrected chi connectivity index (χ3v) is 5.83. The Labute approximate surface area is 167 Å². The molecule has 1 amide bonds. The van der Waals surface area contributed by atoms with Crippen molar-refractivity contribution in [2.45, 2.75) is 30.6 Å². The number of benzene rings is 2. The van der Waals surface area contributed by atoms with Crippen LogP contribution in [0.3, 0.4) is 0 Å². The van der Waals surface area contributed by atoms with E-state index < -0.39 is 0 Å². The van der Waals surface area contributed by atoms with Crippen LogP contribution < -0.4 is 5.32 Å². The van der Waals surface area contributed by atoms with Crippen LogP contribution in [0.4, 0.5) is 5.82 Å². The Bertz CT molecular complexity index is 996. The number of amides is 1. The van der Waals surface area contributed by atoms with Crippen LogP contribution in [0.2, 0.25) is 5.02 Å². The second kappa shape index (κ2) is 7.41. The van der Waals surface area contributed by atoms with E-state index in [1.807, 2.05) is 60.3 Å². The molecule has 1 aliphatic rings. The molecule has 0 bridgehead atoms. The average molecular weight is 398 g/mol. The number of nitrogens with one attached hydrogen (secondary N) is 1. The number of hydrogen-bond acceptors (Lipinski definition) is 3. The number of rotatable bonds is 5. The van der Waals surface area contributed by atoms with Crippen LogP contribution in [-0.4, -0.2) is 21.9 Å². The number of carbonyl (C=O) groups excluding carboxylic acids is 1. The lowest BCUT2D eigenvalue weighted by molar-refractivity contribution is 0.102. The van der Waals surface area contributed by atoms with Crippen LogP contribution in [0.5, 0.6) is 0 Å². The molecule has 3 aromatic rings. The first-order chi connectivity index (χ1) is 13.1. The number of nitrogens with zero attached hydrogens (tertiary/aromatic N) is 2. The molecule has 4 nitrogen and oxygen atoms in total. The van der Waals surface area contributed by atoms with Crippen molar-refractivity contribution in [1.82, 2.24) is 9.78 Å². The largest absolute Gasteiger partial charge is 0.306 e. The van der Waals surface area contributed by atoms with Crippen molar-refractivity contribution in [3.05, 3.63) is 70.4 Å². The van der Waals surface area contributed by atoms with E-state index in [1.54, 1.807) is 17.8 Å². The van der Waals surface area contributed by atoms with Gasteiger partial charge in [0.2, 0.25) is 0 Å². The number of para-hydroxylation sites is 1. The number of hydrogen-bond donors (Lipinski definition) is 1. The van der Waals surface area contributed by atoms with Crippen LogP contribution in [-0.2, 0) is 0 Å². The molecule has 4 rings (SSSR count). The standard InChI is InChI=1S/C21H20ClN3OS/c1-13-19(14-8-9-14)24-25(15-6-4-3-5-7-15)20(13)23-21(26)17-12-16(27-2)10-11-18(17)22/h3-7,10-12,14H,8-9H2,1-2H3,(H,23,26). The predicted octanol–water partition coefficient (Wildman–Crippen LogP) is 5.69. The molecule has 0 radical (unpaired) electrons. The molecule has 1 heterocycles. The number of anilines is 1. The fourth-order valence-corrected chi connectivity index (χ4v) is 3.78. The van der Waals surface area contributed by atoms with Crippen LogP contribution in [0.25, 0.3) is 5.69 Å². The SMILES string of the molecule is CSc1ccc(Cl)c(C(=O)Nc2c(C)c(C3CC3)nn2-c2ccccc2)c1. The summed E-state index contributed by atoms with van der Waals surface area (Å²) in [4.78, 5) is 14.0. The topological polar surface area (TPSA) is 46.9 Å². The summed E-state index contributed by atoms with van der Waals surface area (Å²) in [5.74, 6) is 0.978. The lowest BCUT2D eigenvalue weighted by Gasteiger charge is -2.11. The van der Waals surface area contributed by atoms with Gasteiger partial charge in [0.1, 0.15) is 5.82 Å². The zero-order valence-electron chi connectivity index (χ0n) is 15.2. The van der Waals surface area contributed by atoms with Gasteiger partial charge in [0.15, 0.2) is 0 Å². The maximum absolute atomic E-state index is 13.0. The monoisotopic (exact) mass is 397 g/mol. The van der Waals surface area contributed by atoms with Gasteiger partial charge in [-0.05, 0) is 56.4 Å². The van der Waals surface area contributed by atoms with Crippen LogP contribution in [0.1, 0.15) is 40.4 Å². The molecule has 6 heteroatoms. The summed E-state index contributed by atoms with van der Waals surface area (Å²) in [6.07, 6.45) is 4.28. The van der Waals surface area contributed by atoms with Gasteiger partial charge in [-0.15, -0.1) is 11.8 Å². The van der Waals surface area contributed by atoms with Gasteiger partial charge in [0.25, 0.3) is 5.91 Å². The molecule has 0 spiro atoms. The number of thioether (sulfide) groups is 1. The van der Waals surface area contributed by atoms with Crippen molar-refractivity contribution in [2.75, 3.05) is 11.6 Å². The third kappa shape index (κ3) is 3.62. The van der Waals surface area contributed by atoms with E-state index in [1.165, 1.54) is 0 Å². The molecule has 1 aliphatic carbocycles. The van der Waals surface area contributed by atoms with Gasteiger partial charge in [-0.1, -0.05) is 29.8 Å². The maximum atomic E-state index is 13.0. The number of halogens is 1. The van der Waals surface area contributed by atoms with E-state index in [2.05, 4.69) is 5.32 Å². The second-order valence-electron chi connectivity index (χ2n) is 6.68. The molecule has 0 unspecified atom stereocenters. The van der Waals surface area contributed by atoms with E-state index in [9.17, 15) is 4.79 Å². The highest BCUT2D eigenvalue weighted by Crippen LogP contribution is 2.43. The minimum absolute atomic E-state index is 0.224. The Morgan fingerprint density at radius 3 is 2.63 bits per heavy atom. The summed E-state index contributed by atoms with van der Waals surface area (Å²) in [7, 11) is 0. The number of aromatic nitrogens is 2. The molecule has 2 aromatic carbocycles. The fraction of sp³-hybridized carbons (Fsp3) is 0.238. The van der Waals surface area contributed by atoms with Crippen LogP contribution >= 0.6 is 23.4 Å². The Kier molecular flexibility index (Phi) is 4.98. The highest BCUT2D eigenvalue weighted by atomic mass is 35.5. The van der Waals surface area contributed by atoms with Gasteiger partial charge in [-0.25, -0.2) is 4.68 Å². The highest BCUT2D eigenvalue weighted by molar-refractivity contribution is 7.98. The van der Waals surface area contributed by atoms with Crippen LogP contribution in [0, 0.1) is 6.92 Å². The van der Waals surface area contributed by atoms with Crippen molar-refractivity contribution in [2.24, 2.45) is 0 Å². The molecule has 1 saturated carbocycles. The minimum atomic E-state index is -0.224. The maximum Gasteiger partial charge on any atom is 0.258 e. The van der Waals surface area contributed by atoms with Gasteiger partial charge in [-0.3, -0.25) is 4.79 Å². The third-order valence-electron chi connectivity index (χ3n) is 4.77. The zero-order valence-corrected chi connectivity index (χ0v) is 16.8. The Hall–Kier alpha value is -2.24.